The summed E-state index contributed by atoms with van der Waals surface area (Å²) in [5, 5.41) is 9.72. The maximum absolute atomic E-state index is 15.1. The van der Waals surface area contributed by atoms with Crippen LogP contribution in [-0.4, -0.2) is 40.7 Å². The molecule has 1 fully saturated rings. The molecule has 1 aliphatic carbocycles. The van der Waals surface area contributed by atoms with Crippen molar-refractivity contribution in [1.29, 1.82) is 0 Å². The fourth-order valence-electron chi connectivity index (χ4n) is 3.78. The lowest BCUT2D eigenvalue weighted by molar-refractivity contribution is -0.124. The predicted molar refractivity (Wildman–Crippen MR) is 134 cm³/mol. The van der Waals surface area contributed by atoms with Crippen molar-refractivity contribution in [3.63, 3.8) is 0 Å². The first-order valence-corrected chi connectivity index (χ1v) is 12.4. The minimum atomic E-state index is -1.12. The van der Waals surface area contributed by atoms with Crippen LogP contribution in [0.15, 0.2) is 35.0 Å². The van der Waals surface area contributed by atoms with Crippen molar-refractivity contribution in [2.45, 2.75) is 45.2 Å². The maximum Gasteiger partial charge on any atom is 0.290 e. The van der Waals surface area contributed by atoms with Gasteiger partial charge in [-0.15, -0.1) is 0 Å². The molecular formula is C25H25Cl2FN4O5. The predicted octanol–water partition coefficient (Wildman–Crippen LogP) is 5.12. The van der Waals surface area contributed by atoms with Gasteiger partial charge in [-0.25, -0.2) is 4.39 Å². The highest BCUT2D eigenvalue weighted by molar-refractivity contribution is 6.36. The number of rotatable bonds is 10. The van der Waals surface area contributed by atoms with E-state index in [0.717, 1.165) is 0 Å². The second kappa shape index (κ2) is 10.9. The molecule has 2 aromatic heterocycles. The number of benzene rings is 1. The Balaban J connectivity index is 1.47. The molecule has 12 heteroatoms. The Labute approximate surface area is 222 Å². The number of nitrogens with one attached hydrogen (secondary N) is 2. The van der Waals surface area contributed by atoms with Gasteiger partial charge < -0.3 is 24.6 Å². The number of hydrogen-bond donors (Lipinski definition) is 2. The van der Waals surface area contributed by atoms with E-state index in [9.17, 15) is 9.59 Å². The molecule has 2 N–H and O–H groups in total. The standard InChI is InChI=1S/C25H25Cl2FN4O5/c1-4-35-20-11-19(37-32-20)23(33)31-25(6-7-25)24(34)30-13(3)21-18(28)8-14(12-29-21)16-9-15(26)10-17(27)22(16)36-5-2/h8-13H,4-7H2,1-3H3,(H,30,34)(H,31,33)/t13-/m1/s1. The summed E-state index contributed by atoms with van der Waals surface area (Å²) >= 11 is 12.4. The molecule has 196 valence electrons. The van der Waals surface area contributed by atoms with Crippen LogP contribution in [0.3, 0.4) is 0 Å². The zero-order chi connectivity index (χ0) is 26.7. The third-order valence-corrected chi connectivity index (χ3v) is 6.28. The molecule has 9 nitrogen and oxygen atoms in total. The summed E-state index contributed by atoms with van der Waals surface area (Å²) in [7, 11) is 0. The SMILES string of the molecule is CCOc1cc(C(=O)NC2(C(=O)N[C@H](C)c3ncc(-c4cc(Cl)cc(Cl)c4OCC)cc3F)CC2)on1. The molecule has 0 saturated heterocycles. The van der Waals surface area contributed by atoms with Gasteiger partial charge in [-0.2, -0.15) is 0 Å². The molecule has 2 amide bonds. The van der Waals surface area contributed by atoms with Crippen LogP contribution in [0.2, 0.25) is 10.0 Å². The first-order valence-electron chi connectivity index (χ1n) is 11.7. The summed E-state index contributed by atoms with van der Waals surface area (Å²) in [6.07, 6.45) is 2.31. The van der Waals surface area contributed by atoms with E-state index in [1.54, 1.807) is 32.9 Å². The fourth-order valence-corrected chi connectivity index (χ4v) is 4.33. The number of amides is 2. The van der Waals surface area contributed by atoms with Gasteiger partial charge in [-0.1, -0.05) is 23.2 Å². The van der Waals surface area contributed by atoms with E-state index >= 15 is 4.39 Å². The Hall–Kier alpha value is -3.37. The summed E-state index contributed by atoms with van der Waals surface area (Å²) in [5.74, 6) is -1.22. The topological polar surface area (TPSA) is 116 Å². The Morgan fingerprint density at radius 2 is 1.89 bits per heavy atom. The lowest BCUT2D eigenvalue weighted by Gasteiger charge is -2.21. The average molecular weight is 551 g/mol. The molecule has 0 aliphatic heterocycles. The van der Waals surface area contributed by atoms with E-state index in [4.69, 9.17) is 37.2 Å². The van der Waals surface area contributed by atoms with Crippen molar-refractivity contribution < 1.29 is 28.0 Å². The summed E-state index contributed by atoms with van der Waals surface area (Å²) in [6, 6.07) is 5.01. The van der Waals surface area contributed by atoms with Gasteiger partial charge in [0.2, 0.25) is 11.7 Å². The highest BCUT2D eigenvalue weighted by Crippen LogP contribution is 2.40. The molecular weight excluding hydrogens is 526 g/mol. The van der Waals surface area contributed by atoms with Crippen molar-refractivity contribution in [1.82, 2.24) is 20.8 Å². The summed E-state index contributed by atoms with van der Waals surface area (Å²) in [4.78, 5) is 29.8. The molecule has 2 heterocycles. The highest BCUT2D eigenvalue weighted by Gasteiger charge is 2.52. The van der Waals surface area contributed by atoms with Crippen LogP contribution in [0.25, 0.3) is 11.1 Å². The molecule has 1 aliphatic rings. The highest BCUT2D eigenvalue weighted by atomic mass is 35.5. The maximum atomic E-state index is 15.1. The van der Waals surface area contributed by atoms with Crippen molar-refractivity contribution >= 4 is 35.0 Å². The quantitative estimate of drug-likeness (QED) is 0.360. The van der Waals surface area contributed by atoms with E-state index in [2.05, 4.69) is 20.8 Å². The Bertz CT molecular complexity index is 1330. The van der Waals surface area contributed by atoms with Gasteiger partial charge in [-0.05, 0) is 57.0 Å². The molecule has 0 radical (unpaired) electrons. The number of aromatic nitrogens is 2. The molecule has 1 saturated carbocycles. The number of halogens is 3. The van der Waals surface area contributed by atoms with Gasteiger partial charge in [0.15, 0.2) is 0 Å². The largest absolute Gasteiger partial charge is 0.492 e. The number of pyridine rings is 1. The van der Waals surface area contributed by atoms with E-state index in [0.29, 0.717) is 53.0 Å². The Morgan fingerprint density at radius 3 is 2.54 bits per heavy atom. The third-order valence-electron chi connectivity index (χ3n) is 5.78. The third kappa shape index (κ3) is 5.80. The van der Waals surface area contributed by atoms with Crippen LogP contribution >= 0.6 is 23.2 Å². The second-order valence-electron chi connectivity index (χ2n) is 8.48. The van der Waals surface area contributed by atoms with Crippen LogP contribution < -0.4 is 20.1 Å². The first kappa shape index (κ1) is 26.7. The average Bonchev–Trinajstić information content (AvgIpc) is 3.48. The van der Waals surface area contributed by atoms with Gasteiger partial charge in [0, 0.05) is 22.3 Å². The summed E-state index contributed by atoms with van der Waals surface area (Å²) < 4.78 is 30.9. The molecule has 37 heavy (non-hydrogen) atoms. The van der Waals surface area contributed by atoms with Gasteiger partial charge in [0.25, 0.3) is 11.8 Å². The second-order valence-corrected chi connectivity index (χ2v) is 9.33. The van der Waals surface area contributed by atoms with E-state index in [1.807, 2.05) is 0 Å². The van der Waals surface area contributed by atoms with E-state index < -0.39 is 29.2 Å². The number of carbonyl (C=O) groups excluding carboxylic acids is 2. The number of ether oxygens (including phenoxy) is 2. The van der Waals surface area contributed by atoms with Crippen LogP contribution in [0.4, 0.5) is 4.39 Å². The zero-order valence-corrected chi connectivity index (χ0v) is 21.9. The molecule has 1 aromatic carbocycles. The monoisotopic (exact) mass is 550 g/mol. The summed E-state index contributed by atoms with van der Waals surface area (Å²) in [6.45, 7) is 5.90. The van der Waals surface area contributed by atoms with Gasteiger partial charge in [0.05, 0.1) is 36.0 Å². The minimum Gasteiger partial charge on any atom is -0.492 e. The van der Waals surface area contributed by atoms with Crippen LogP contribution in [-0.2, 0) is 4.79 Å². The molecule has 0 bridgehead atoms. The molecule has 1 atom stereocenters. The summed E-state index contributed by atoms with van der Waals surface area (Å²) in [5.41, 5.74) is -0.183. The molecule has 0 spiro atoms. The van der Waals surface area contributed by atoms with Crippen LogP contribution in [0, 0.1) is 5.82 Å². The van der Waals surface area contributed by atoms with Gasteiger partial charge in [0.1, 0.15) is 17.1 Å². The number of nitrogens with zero attached hydrogens (tertiary/aromatic N) is 2. The molecule has 0 unspecified atom stereocenters. The van der Waals surface area contributed by atoms with Gasteiger partial charge in [-0.3, -0.25) is 14.6 Å². The van der Waals surface area contributed by atoms with Crippen LogP contribution in [0.5, 0.6) is 11.6 Å². The van der Waals surface area contributed by atoms with E-state index in [1.165, 1.54) is 18.3 Å². The number of carbonyl (C=O) groups is 2. The zero-order valence-electron chi connectivity index (χ0n) is 20.4. The van der Waals surface area contributed by atoms with E-state index in [-0.39, 0.29) is 17.3 Å². The van der Waals surface area contributed by atoms with Crippen LogP contribution in [0.1, 0.15) is 55.9 Å². The molecule has 4 rings (SSSR count). The van der Waals surface area contributed by atoms with Gasteiger partial charge >= 0.3 is 0 Å². The Morgan fingerprint density at radius 1 is 1.16 bits per heavy atom. The Kier molecular flexibility index (Phi) is 7.89. The van der Waals surface area contributed by atoms with Crippen molar-refractivity contribution in [2.75, 3.05) is 13.2 Å². The van der Waals surface area contributed by atoms with Crippen molar-refractivity contribution in [3.8, 4) is 22.8 Å². The number of hydrogen-bond acceptors (Lipinski definition) is 7. The minimum absolute atomic E-state index is 0.0295. The van der Waals surface area contributed by atoms with Crippen molar-refractivity contribution in [3.05, 3.63) is 57.8 Å². The lowest BCUT2D eigenvalue weighted by Crippen LogP contribution is -2.49. The fraction of sp³-hybridized carbons (Fsp3) is 0.360. The first-order chi connectivity index (χ1) is 17.7. The smallest absolute Gasteiger partial charge is 0.290 e. The normalized spacial score (nSPS) is 14.5. The lowest BCUT2D eigenvalue weighted by atomic mass is 10.0. The van der Waals surface area contributed by atoms with Crippen molar-refractivity contribution in [2.24, 2.45) is 0 Å². The molecule has 3 aromatic rings.